The fourth-order valence-corrected chi connectivity index (χ4v) is 3.32. The van der Waals surface area contributed by atoms with E-state index in [9.17, 15) is 4.79 Å². The van der Waals surface area contributed by atoms with Crippen molar-refractivity contribution < 1.29 is 14.3 Å². The van der Waals surface area contributed by atoms with E-state index in [2.05, 4.69) is 6.92 Å². The van der Waals surface area contributed by atoms with Crippen molar-refractivity contribution in [2.75, 3.05) is 13.2 Å². The molecule has 0 radical (unpaired) electrons. The van der Waals surface area contributed by atoms with Crippen molar-refractivity contribution in [1.82, 2.24) is 0 Å². The predicted octanol–water partition coefficient (Wildman–Crippen LogP) is 7.22. The second kappa shape index (κ2) is 20.7. The van der Waals surface area contributed by atoms with Crippen LogP contribution >= 0.6 is 0 Å². The minimum Gasteiger partial charge on any atom is -0.460 e. The van der Waals surface area contributed by atoms with Crippen LogP contribution in [-0.4, -0.2) is 25.3 Å². The van der Waals surface area contributed by atoms with Crippen molar-refractivity contribution in [3.63, 3.8) is 0 Å². The Morgan fingerprint density at radius 2 is 1.08 bits per heavy atom. The number of unbranched alkanes of at least 4 members (excludes halogenated alkanes) is 15. The number of rotatable bonds is 20. The van der Waals surface area contributed by atoms with Gasteiger partial charge in [0.1, 0.15) is 6.10 Å². The number of carbonyl (C=O) groups excluding carboxylic acids is 1. The molecule has 3 nitrogen and oxygen atoms in total. The van der Waals surface area contributed by atoms with Crippen LogP contribution in [0.3, 0.4) is 0 Å². The Kier molecular flexibility index (Phi) is 20.3. The van der Waals surface area contributed by atoms with Gasteiger partial charge in [-0.05, 0) is 13.3 Å². The molecule has 0 aromatic carbocycles. The standard InChI is InChI=1S/C23H46O3/c1-4-5-6-7-8-9-10-11-12-13-14-15-16-17-18-19-20-25-21-22(2)26-23(3)24/h22H,4-21H2,1-3H3. The van der Waals surface area contributed by atoms with Gasteiger partial charge in [-0.25, -0.2) is 0 Å². The van der Waals surface area contributed by atoms with Gasteiger partial charge in [0.25, 0.3) is 0 Å². The van der Waals surface area contributed by atoms with Gasteiger partial charge in [-0.3, -0.25) is 4.79 Å². The maximum atomic E-state index is 10.8. The molecule has 0 aliphatic heterocycles. The third kappa shape index (κ3) is 21.5. The molecular formula is C23H46O3. The monoisotopic (exact) mass is 370 g/mol. The van der Waals surface area contributed by atoms with Crippen LogP contribution in [0.2, 0.25) is 0 Å². The highest BCUT2D eigenvalue weighted by molar-refractivity contribution is 5.66. The van der Waals surface area contributed by atoms with Crippen molar-refractivity contribution in [2.45, 2.75) is 130 Å². The van der Waals surface area contributed by atoms with Crippen LogP contribution in [0, 0.1) is 0 Å². The summed E-state index contributed by atoms with van der Waals surface area (Å²) in [7, 11) is 0. The SMILES string of the molecule is CCCCCCCCCCCCCCCCCCOCC(C)OC(C)=O. The smallest absolute Gasteiger partial charge is 0.302 e. The fraction of sp³-hybridized carbons (Fsp3) is 0.957. The fourth-order valence-electron chi connectivity index (χ4n) is 3.32. The lowest BCUT2D eigenvalue weighted by atomic mass is 10.0. The van der Waals surface area contributed by atoms with Crippen LogP contribution in [0.5, 0.6) is 0 Å². The van der Waals surface area contributed by atoms with Gasteiger partial charge in [-0.15, -0.1) is 0 Å². The third-order valence-corrected chi connectivity index (χ3v) is 4.86. The van der Waals surface area contributed by atoms with Gasteiger partial charge in [0, 0.05) is 13.5 Å². The Labute approximate surface area is 163 Å². The van der Waals surface area contributed by atoms with E-state index in [1.165, 1.54) is 103 Å². The van der Waals surface area contributed by atoms with Gasteiger partial charge in [0.05, 0.1) is 6.61 Å². The average molecular weight is 371 g/mol. The molecule has 0 rings (SSSR count). The number of ether oxygens (including phenoxy) is 2. The van der Waals surface area contributed by atoms with Crippen LogP contribution in [0.15, 0.2) is 0 Å². The second-order valence-electron chi connectivity index (χ2n) is 7.80. The summed E-state index contributed by atoms with van der Waals surface area (Å²) in [5.74, 6) is -0.233. The molecule has 0 spiro atoms. The molecule has 1 unspecified atom stereocenters. The highest BCUT2D eigenvalue weighted by Crippen LogP contribution is 2.13. The molecule has 0 heterocycles. The molecule has 1 atom stereocenters. The summed E-state index contributed by atoms with van der Waals surface area (Å²) in [4.78, 5) is 10.8. The zero-order valence-corrected chi connectivity index (χ0v) is 18.0. The highest BCUT2D eigenvalue weighted by Gasteiger charge is 2.04. The van der Waals surface area contributed by atoms with Gasteiger partial charge in [0.15, 0.2) is 0 Å². The molecule has 26 heavy (non-hydrogen) atoms. The maximum Gasteiger partial charge on any atom is 0.302 e. The Hall–Kier alpha value is -0.570. The molecule has 0 N–H and O–H groups in total. The second-order valence-corrected chi connectivity index (χ2v) is 7.80. The van der Waals surface area contributed by atoms with Gasteiger partial charge in [0.2, 0.25) is 0 Å². The summed E-state index contributed by atoms with van der Waals surface area (Å²) in [5.41, 5.74) is 0. The lowest BCUT2D eigenvalue weighted by molar-refractivity contribution is -0.148. The number of hydrogen-bond acceptors (Lipinski definition) is 3. The van der Waals surface area contributed by atoms with E-state index < -0.39 is 0 Å². The summed E-state index contributed by atoms with van der Waals surface area (Å²) < 4.78 is 10.6. The van der Waals surface area contributed by atoms with Gasteiger partial charge in [-0.1, -0.05) is 103 Å². The maximum absolute atomic E-state index is 10.8. The van der Waals surface area contributed by atoms with Crippen molar-refractivity contribution in [3.8, 4) is 0 Å². The zero-order valence-electron chi connectivity index (χ0n) is 18.0. The molecule has 0 aromatic heterocycles. The summed E-state index contributed by atoms with van der Waals surface area (Å²) in [6, 6.07) is 0. The first-order chi connectivity index (χ1) is 12.7. The van der Waals surface area contributed by atoms with E-state index in [1.54, 1.807) is 0 Å². The lowest BCUT2D eigenvalue weighted by Crippen LogP contribution is -2.18. The molecule has 0 saturated heterocycles. The molecule has 0 bridgehead atoms. The molecule has 0 amide bonds. The molecular weight excluding hydrogens is 324 g/mol. The average Bonchev–Trinajstić information content (AvgIpc) is 2.60. The number of hydrogen-bond donors (Lipinski definition) is 0. The molecule has 0 aliphatic carbocycles. The normalized spacial score (nSPS) is 12.3. The summed E-state index contributed by atoms with van der Waals surface area (Å²) in [6.45, 7) is 6.88. The predicted molar refractivity (Wildman–Crippen MR) is 112 cm³/mol. The van der Waals surface area contributed by atoms with Crippen LogP contribution in [-0.2, 0) is 14.3 Å². The van der Waals surface area contributed by atoms with Gasteiger partial charge in [-0.2, -0.15) is 0 Å². The van der Waals surface area contributed by atoms with Crippen molar-refractivity contribution in [3.05, 3.63) is 0 Å². The molecule has 156 valence electrons. The first-order valence-electron chi connectivity index (χ1n) is 11.4. The summed E-state index contributed by atoms with van der Waals surface area (Å²) >= 11 is 0. The summed E-state index contributed by atoms with van der Waals surface area (Å²) in [6.07, 6.45) is 22.0. The first kappa shape index (κ1) is 25.4. The van der Waals surface area contributed by atoms with Crippen LogP contribution in [0.1, 0.15) is 124 Å². The quantitative estimate of drug-likeness (QED) is 0.168. The van der Waals surface area contributed by atoms with E-state index in [0.717, 1.165) is 13.0 Å². The number of carbonyl (C=O) groups is 1. The minimum atomic E-state index is -0.233. The molecule has 0 aliphatic rings. The van der Waals surface area contributed by atoms with Crippen molar-refractivity contribution >= 4 is 5.97 Å². The van der Waals surface area contributed by atoms with E-state index in [1.807, 2.05) is 6.92 Å². The Morgan fingerprint density at radius 3 is 1.46 bits per heavy atom. The van der Waals surface area contributed by atoms with Crippen LogP contribution in [0.4, 0.5) is 0 Å². The Bertz CT molecular complexity index is 291. The minimum absolute atomic E-state index is 0.131. The molecule has 0 saturated carbocycles. The van der Waals surface area contributed by atoms with E-state index >= 15 is 0 Å². The van der Waals surface area contributed by atoms with Crippen LogP contribution < -0.4 is 0 Å². The van der Waals surface area contributed by atoms with E-state index in [4.69, 9.17) is 9.47 Å². The Morgan fingerprint density at radius 1 is 0.692 bits per heavy atom. The number of esters is 1. The van der Waals surface area contributed by atoms with Gasteiger partial charge < -0.3 is 9.47 Å². The van der Waals surface area contributed by atoms with E-state index in [-0.39, 0.29) is 12.1 Å². The van der Waals surface area contributed by atoms with Crippen molar-refractivity contribution in [1.29, 1.82) is 0 Å². The van der Waals surface area contributed by atoms with Crippen LogP contribution in [0.25, 0.3) is 0 Å². The van der Waals surface area contributed by atoms with Crippen molar-refractivity contribution in [2.24, 2.45) is 0 Å². The summed E-state index contributed by atoms with van der Waals surface area (Å²) in [5, 5.41) is 0. The highest BCUT2D eigenvalue weighted by atomic mass is 16.6. The topological polar surface area (TPSA) is 35.5 Å². The first-order valence-corrected chi connectivity index (χ1v) is 11.4. The largest absolute Gasteiger partial charge is 0.460 e. The van der Waals surface area contributed by atoms with Gasteiger partial charge >= 0.3 is 5.97 Å². The lowest BCUT2D eigenvalue weighted by Gasteiger charge is -2.11. The molecule has 0 fully saturated rings. The molecule has 0 aromatic rings. The Balaban J connectivity index is 3.06. The third-order valence-electron chi connectivity index (χ3n) is 4.86. The molecule has 3 heteroatoms. The van der Waals surface area contributed by atoms with E-state index in [0.29, 0.717) is 6.61 Å². The zero-order chi connectivity index (χ0) is 19.3.